The van der Waals surface area contributed by atoms with Gasteiger partial charge in [-0.25, -0.2) is 0 Å². The minimum atomic E-state index is -0.433. The molecule has 21 heavy (non-hydrogen) atoms. The number of ketones is 1. The lowest BCUT2D eigenvalue weighted by Crippen LogP contribution is -2.22. The molecule has 3 rings (SSSR count). The molecule has 0 bridgehead atoms. The van der Waals surface area contributed by atoms with E-state index in [1.807, 2.05) is 30.3 Å². The molecule has 0 aromatic heterocycles. The maximum absolute atomic E-state index is 12.6. The van der Waals surface area contributed by atoms with Crippen molar-refractivity contribution in [3.8, 4) is 0 Å². The predicted molar refractivity (Wildman–Crippen MR) is 79.2 cm³/mol. The van der Waals surface area contributed by atoms with Crippen molar-refractivity contribution in [2.45, 2.75) is 24.7 Å². The van der Waals surface area contributed by atoms with Crippen LogP contribution in [0.4, 0.5) is 5.69 Å². The zero-order valence-electron chi connectivity index (χ0n) is 11.5. The lowest BCUT2D eigenvalue weighted by molar-refractivity contribution is -0.384. The van der Waals surface area contributed by atoms with Crippen molar-refractivity contribution in [2.24, 2.45) is 0 Å². The lowest BCUT2D eigenvalue weighted by atomic mass is 9.88. The summed E-state index contributed by atoms with van der Waals surface area (Å²) in [6.45, 7) is 0. The second-order valence-electron chi connectivity index (χ2n) is 5.47. The van der Waals surface area contributed by atoms with Gasteiger partial charge in [-0.3, -0.25) is 14.9 Å². The fourth-order valence-electron chi connectivity index (χ4n) is 2.70. The van der Waals surface area contributed by atoms with E-state index in [1.165, 1.54) is 12.1 Å². The van der Waals surface area contributed by atoms with Gasteiger partial charge in [0, 0.05) is 18.6 Å². The smallest absolute Gasteiger partial charge is 0.269 e. The molecular weight excluding hydrogens is 266 g/mol. The standard InChI is InChI=1S/C17H15NO3/c19-16(12-13-6-8-15(9-7-13)18(20)21)17(10-11-17)14-4-2-1-3-5-14/h1-9H,10-12H2. The van der Waals surface area contributed by atoms with Crippen molar-refractivity contribution < 1.29 is 9.72 Å². The summed E-state index contributed by atoms with van der Waals surface area (Å²) in [6, 6.07) is 16.1. The Morgan fingerprint density at radius 2 is 1.67 bits per heavy atom. The Morgan fingerprint density at radius 1 is 1.05 bits per heavy atom. The third-order valence-corrected chi connectivity index (χ3v) is 4.12. The molecule has 0 unspecified atom stereocenters. The van der Waals surface area contributed by atoms with E-state index >= 15 is 0 Å². The first-order valence-corrected chi connectivity index (χ1v) is 6.94. The van der Waals surface area contributed by atoms with Gasteiger partial charge in [-0.2, -0.15) is 0 Å². The molecule has 0 amide bonds. The predicted octanol–water partition coefficient (Wildman–Crippen LogP) is 3.44. The van der Waals surface area contributed by atoms with Crippen molar-refractivity contribution in [3.05, 3.63) is 75.8 Å². The van der Waals surface area contributed by atoms with Crippen LogP contribution in [-0.2, 0) is 16.6 Å². The van der Waals surface area contributed by atoms with Crippen LogP contribution < -0.4 is 0 Å². The number of carbonyl (C=O) groups excluding carboxylic acids is 1. The van der Waals surface area contributed by atoms with Crippen LogP contribution in [0.3, 0.4) is 0 Å². The van der Waals surface area contributed by atoms with E-state index in [0.29, 0.717) is 6.42 Å². The van der Waals surface area contributed by atoms with Crippen molar-refractivity contribution in [1.29, 1.82) is 0 Å². The summed E-state index contributed by atoms with van der Waals surface area (Å²) in [5.41, 5.74) is 1.63. The van der Waals surface area contributed by atoms with E-state index < -0.39 is 4.92 Å². The molecule has 1 aliphatic carbocycles. The summed E-state index contributed by atoms with van der Waals surface area (Å²) in [5.74, 6) is 0.197. The summed E-state index contributed by atoms with van der Waals surface area (Å²) in [5, 5.41) is 10.6. The van der Waals surface area contributed by atoms with Crippen LogP contribution in [0.2, 0.25) is 0 Å². The Balaban J connectivity index is 1.76. The van der Waals surface area contributed by atoms with Crippen molar-refractivity contribution in [2.75, 3.05) is 0 Å². The molecule has 0 atom stereocenters. The highest BCUT2D eigenvalue weighted by Gasteiger charge is 2.50. The zero-order valence-corrected chi connectivity index (χ0v) is 11.5. The molecule has 0 radical (unpaired) electrons. The van der Waals surface area contributed by atoms with Crippen molar-refractivity contribution >= 4 is 11.5 Å². The molecule has 0 saturated heterocycles. The molecule has 0 N–H and O–H groups in total. The number of rotatable bonds is 5. The average molecular weight is 281 g/mol. The fourth-order valence-corrected chi connectivity index (χ4v) is 2.70. The van der Waals surface area contributed by atoms with Gasteiger partial charge in [0.2, 0.25) is 0 Å². The molecule has 0 spiro atoms. The van der Waals surface area contributed by atoms with Gasteiger partial charge in [0.15, 0.2) is 0 Å². The first-order valence-electron chi connectivity index (χ1n) is 6.94. The van der Waals surface area contributed by atoms with E-state index in [4.69, 9.17) is 0 Å². The molecule has 1 saturated carbocycles. The van der Waals surface area contributed by atoms with Gasteiger partial charge in [-0.1, -0.05) is 42.5 Å². The van der Waals surface area contributed by atoms with Crippen LogP contribution in [0.15, 0.2) is 54.6 Å². The third kappa shape index (κ3) is 2.57. The molecule has 1 fully saturated rings. The molecule has 4 heteroatoms. The molecule has 0 aliphatic heterocycles. The second-order valence-corrected chi connectivity index (χ2v) is 5.47. The summed E-state index contributed by atoms with van der Waals surface area (Å²) in [6.07, 6.45) is 2.11. The Kier molecular flexibility index (Phi) is 3.29. The van der Waals surface area contributed by atoms with Crippen LogP contribution >= 0.6 is 0 Å². The first-order chi connectivity index (χ1) is 10.1. The van der Waals surface area contributed by atoms with Gasteiger partial charge in [-0.15, -0.1) is 0 Å². The van der Waals surface area contributed by atoms with Crippen LogP contribution in [0.1, 0.15) is 24.0 Å². The molecule has 2 aromatic carbocycles. The third-order valence-electron chi connectivity index (χ3n) is 4.12. The lowest BCUT2D eigenvalue weighted by Gasteiger charge is -2.14. The molecule has 2 aromatic rings. The average Bonchev–Trinajstić information content (AvgIpc) is 3.30. The van der Waals surface area contributed by atoms with Gasteiger partial charge in [0.05, 0.1) is 10.3 Å². The monoisotopic (exact) mass is 281 g/mol. The SMILES string of the molecule is O=C(Cc1ccc([N+](=O)[O-])cc1)C1(c2ccccc2)CC1. The van der Waals surface area contributed by atoms with Gasteiger partial charge in [0.1, 0.15) is 5.78 Å². The Labute approximate surface area is 122 Å². The minimum absolute atomic E-state index is 0.0513. The molecule has 0 heterocycles. The molecule has 106 valence electrons. The van der Waals surface area contributed by atoms with E-state index in [9.17, 15) is 14.9 Å². The maximum Gasteiger partial charge on any atom is 0.269 e. The second kappa shape index (κ2) is 5.13. The number of hydrogen-bond donors (Lipinski definition) is 0. The van der Waals surface area contributed by atoms with E-state index in [-0.39, 0.29) is 16.9 Å². The topological polar surface area (TPSA) is 60.2 Å². The Bertz CT molecular complexity index is 673. The van der Waals surface area contributed by atoms with Crippen molar-refractivity contribution in [3.63, 3.8) is 0 Å². The Morgan fingerprint density at radius 3 is 2.19 bits per heavy atom. The Hall–Kier alpha value is -2.49. The van der Waals surface area contributed by atoms with Crippen LogP contribution in [0.5, 0.6) is 0 Å². The minimum Gasteiger partial charge on any atom is -0.298 e. The van der Waals surface area contributed by atoms with Gasteiger partial charge < -0.3 is 0 Å². The molecule has 4 nitrogen and oxygen atoms in total. The number of hydrogen-bond acceptors (Lipinski definition) is 3. The highest BCUT2D eigenvalue weighted by Crippen LogP contribution is 2.49. The van der Waals surface area contributed by atoms with Gasteiger partial charge in [0.25, 0.3) is 5.69 Å². The summed E-state index contributed by atoms with van der Waals surface area (Å²) < 4.78 is 0. The van der Waals surface area contributed by atoms with E-state index in [2.05, 4.69) is 0 Å². The normalized spacial score (nSPS) is 15.4. The fraction of sp³-hybridized carbons (Fsp3) is 0.235. The number of non-ortho nitro benzene ring substituents is 1. The highest BCUT2D eigenvalue weighted by atomic mass is 16.6. The summed E-state index contributed by atoms with van der Waals surface area (Å²) in [7, 11) is 0. The molecule has 1 aliphatic rings. The van der Waals surface area contributed by atoms with Crippen LogP contribution in [0, 0.1) is 10.1 Å². The highest BCUT2D eigenvalue weighted by molar-refractivity contribution is 5.94. The quantitative estimate of drug-likeness (QED) is 0.623. The van der Waals surface area contributed by atoms with Crippen molar-refractivity contribution in [1.82, 2.24) is 0 Å². The molecular formula is C17H15NO3. The number of carbonyl (C=O) groups is 1. The first kappa shape index (κ1) is 13.5. The summed E-state index contributed by atoms with van der Waals surface area (Å²) >= 11 is 0. The number of nitro groups is 1. The number of Topliss-reactive ketones (excluding diaryl/α,β-unsaturated/α-hetero) is 1. The number of nitro benzene ring substituents is 1. The zero-order chi connectivity index (χ0) is 14.9. The number of benzene rings is 2. The largest absolute Gasteiger partial charge is 0.298 e. The maximum atomic E-state index is 12.6. The van der Waals surface area contributed by atoms with Gasteiger partial charge >= 0.3 is 0 Å². The number of nitrogens with zero attached hydrogens (tertiary/aromatic N) is 1. The van der Waals surface area contributed by atoms with Gasteiger partial charge in [-0.05, 0) is 24.0 Å². The van der Waals surface area contributed by atoms with Crippen LogP contribution in [0.25, 0.3) is 0 Å². The van der Waals surface area contributed by atoms with Crippen LogP contribution in [-0.4, -0.2) is 10.7 Å². The van der Waals surface area contributed by atoms with E-state index in [0.717, 1.165) is 24.0 Å². The van der Waals surface area contributed by atoms with E-state index in [1.54, 1.807) is 12.1 Å². The summed E-state index contributed by atoms with van der Waals surface area (Å²) in [4.78, 5) is 22.8.